The zero-order valence-corrected chi connectivity index (χ0v) is 11.7. The molecule has 2 aromatic carbocycles. The highest BCUT2D eigenvalue weighted by Gasteiger charge is 2.05. The lowest BCUT2D eigenvalue weighted by atomic mass is 10.2. The van der Waals surface area contributed by atoms with Crippen molar-refractivity contribution in [2.45, 2.75) is 0 Å². The van der Waals surface area contributed by atoms with Crippen molar-refractivity contribution < 1.29 is 18.7 Å². The Morgan fingerprint density at radius 3 is 2.45 bits per heavy atom. The molecule has 5 heteroatoms. The molecular formula is C17H14FNO3. The lowest BCUT2D eigenvalue weighted by Crippen LogP contribution is -2.20. The SMILES string of the molecule is O=C(COC(=O)/C=C/c1ccccc1F)Nc1ccccc1. The Kier molecular flexibility index (Phi) is 5.43. The maximum atomic E-state index is 13.3. The minimum atomic E-state index is -0.716. The fraction of sp³-hybridized carbons (Fsp3) is 0.0588. The van der Waals surface area contributed by atoms with Crippen LogP contribution in [-0.2, 0) is 14.3 Å². The van der Waals surface area contributed by atoms with Gasteiger partial charge >= 0.3 is 5.97 Å². The molecule has 0 aromatic heterocycles. The van der Waals surface area contributed by atoms with Crippen LogP contribution in [0.3, 0.4) is 0 Å². The lowest BCUT2D eigenvalue weighted by Gasteiger charge is -2.04. The Hall–Kier alpha value is -2.95. The lowest BCUT2D eigenvalue weighted by molar-refractivity contribution is -0.142. The van der Waals surface area contributed by atoms with Crippen LogP contribution in [0.4, 0.5) is 10.1 Å². The van der Waals surface area contributed by atoms with E-state index >= 15 is 0 Å². The molecule has 112 valence electrons. The van der Waals surface area contributed by atoms with Crippen LogP contribution in [0.15, 0.2) is 60.7 Å². The third kappa shape index (κ3) is 4.86. The molecule has 1 N–H and O–H groups in total. The number of benzene rings is 2. The summed E-state index contributed by atoms with van der Waals surface area (Å²) < 4.78 is 18.1. The molecule has 2 rings (SSSR count). The average molecular weight is 299 g/mol. The van der Waals surface area contributed by atoms with Gasteiger partial charge < -0.3 is 10.1 Å². The van der Waals surface area contributed by atoms with Crippen LogP contribution in [0.25, 0.3) is 6.08 Å². The van der Waals surface area contributed by atoms with Gasteiger partial charge in [-0.1, -0.05) is 36.4 Å². The molecule has 4 nitrogen and oxygen atoms in total. The second kappa shape index (κ2) is 7.73. The van der Waals surface area contributed by atoms with Crippen LogP contribution in [0.2, 0.25) is 0 Å². The van der Waals surface area contributed by atoms with Gasteiger partial charge in [0.1, 0.15) is 5.82 Å². The number of amides is 1. The molecule has 0 spiro atoms. The molecule has 1 amide bonds. The minimum Gasteiger partial charge on any atom is -0.452 e. The van der Waals surface area contributed by atoms with Gasteiger partial charge in [0.2, 0.25) is 0 Å². The Labute approximate surface area is 127 Å². The van der Waals surface area contributed by atoms with Gasteiger partial charge in [0.05, 0.1) is 0 Å². The number of esters is 1. The summed E-state index contributed by atoms with van der Waals surface area (Å²) in [5.41, 5.74) is 0.888. The molecule has 0 radical (unpaired) electrons. The number of ether oxygens (including phenoxy) is 1. The van der Waals surface area contributed by atoms with Crippen molar-refractivity contribution in [1.82, 2.24) is 0 Å². The number of para-hydroxylation sites is 1. The van der Waals surface area contributed by atoms with Crippen molar-refractivity contribution in [3.05, 3.63) is 72.1 Å². The van der Waals surface area contributed by atoms with Crippen LogP contribution in [0, 0.1) is 5.82 Å². The predicted octanol–water partition coefficient (Wildman–Crippen LogP) is 3.02. The second-order valence-electron chi connectivity index (χ2n) is 4.38. The van der Waals surface area contributed by atoms with Crippen molar-refractivity contribution in [2.75, 3.05) is 11.9 Å². The van der Waals surface area contributed by atoms with Crippen molar-refractivity contribution in [2.24, 2.45) is 0 Å². The van der Waals surface area contributed by atoms with E-state index in [1.165, 1.54) is 18.2 Å². The zero-order chi connectivity index (χ0) is 15.8. The molecule has 0 atom stereocenters. The van der Waals surface area contributed by atoms with E-state index in [9.17, 15) is 14.0 Å². The molecule has 0 saturated heterocycles. The largest absolute Gasteiger partial charge is 0.452 e. The third-order valence-electron chi connectivity index (χ3n) is 2.71. The van der Waals surface area contributed by atoms with E-state index in [4.69, 9.17) is 4.74 Å². The maximum Gasteiger partial charge on any atom is 0.331 e. The highest BCUT2D eigenvalue weighted by molar-refractivity contribution is 5.94. The molecular weight excluding hydrogens is 285 g/mol. The Bertz CT molecular complexity index is 683. The summed E-state index contributed by atoms with van der Waals surface area (Å²) in [4.78, 5) is 23.0. The molecule has 0 saturated carbocycles. The van der Waals surface area contributed by atoms with Crippen LogP contribution >= 0.6 is 0 Å². The van der Waals surface area contributed by atoms with E-state index in [1.807, 2.05) is 6.07 Å². The zero-order valence-electron chi connectivity index (χ0n) is 11.7. The fourth-order valence-corrected chi connectivity index (χ4v) is 1.67. The van der Waals surface area contributed by atoms with Gasteiger partial charge in [-0.05, 0) is 24.3 Å². The smallest absolute Gasteiger partial charge is 0.331 e. The predicted molar refractivity (Wildman–Crippen MR) is 81.5 cm³/mol. The van der Waals surface area contributed by atoms with E-state index in [0.29, 0.717) is 5.69 Å². The Morgan fingerprint density at radius 1 is 1.05 bits per heavy atom. The van der Waals surface area contributed by atoms with Gasteiger partial charge in [0, 0.05) is 17.3 Å². The quantitative estimate of drug-likeness (QED) is 0.682. The van der Waals surface area contributed by atoms with Crippen molar-refractivity contribution >= 4 is 23.6 Å². The fourth-order valence-electron chi connectivity index (χ4n) is 1.67. The molecule has 0 heterocycles. The maximum absolute atomic E-state index is 13.3. The number of rotatable bonds is 5. The van der Waals surface area contributed by atoms with Gasteiger partial charge in [-0.15, -0.1) is 0 Å². The first-order chi connectivity index (χ1) is 10.6. The van der Waals surface area contributed by atoms with Crippen molar-refractivity contribution in [3.8, 4) is 0 Å². The molecule has 0 aliphatic heterocycles. The summed E-state index contributed by atoms with van der Waals surface area (Å²) in [6.45, 7) is -0.407. The van der Waals surface area contributed by atoms with Crippen LogP contribution < -0.4 is 5.32 Å². The van der Waals surface area contributed by atoms with Gasteiger partial charge in [-0.2, -0.15) is 0 Å². The normalized spacial score (nSPS) is 10.4. The number of nitrogens with one attached hydrogen (secondary N) is 1. The monoisotopic (exact) mass is 299 g/mol. The summed E-state index contributed by atoms with van der Waals surface area (Å²) in [5.74, 6) is -1.60. The second-order valence-corrected chi connectivity index (χ2v) is 4.38. The van der Waals surface area contributed by atoms with Gasteiger partial charge in [0.25, 0.3) is 5.91 Å². The van der Waals surface area contributed by atoms with Gasteiger partial charge in [0.15, 0.2) is 6.61 Å². The topological polar surface area (TPSA) is 55.4 Å². The van der Waals surface area contributed by atoms with E-state index in [2.05, 4.69) is 5.32 Å². The van der Waals surface area contributed by atoms with Crippen molar-refractivity contribution in [1.29, 1.82) is 0 Å². The minimum absolute atomic E-state index is 0.271. The van der Waals surface area contributed by atoms with E-state index < -0.39 is 24.3 Å². The number of halogens is 1. The summed E-state index contributed by atoms with van der Waals surface area (Å²) in [6.07, 6.45) is 2.38. The standard InChI is InChI=1S/C17H14FNO3/c18-15-9-5-4-6-13(15)10-11-17(21)22-12-16(20)19-14-7-2-1-3-8-14/h1-11H,12H2,(H,19,20)/b11-10+. The van der Waals surface area contributed by atoms with Gasteiger partial charge in [-0.25, -0.2) is 9.18 Å². The first-order valence-electron chi connectivity index (χ1n) is 6.59. The molecule has 0 bridgehead atoms. The number of carbonyl (C=O) groups is 2. The van der Waals surface area contributed by atoms with Crippen LogP contribution in [0.1, 0.15) is 5.56 Å². The molecule has 22 heavy (non-hydrogen) atoms. The molecule has 0 fully saturated rings. The van der Waals surface area contributed by atoms with E-state index in [0.717, 1.165) is 6.08 Å². The third-order valence-corrected chi connectivity index (χ3v) is 2.71. The number of carbonyl (C=O) groups excluding carboxylic acids is 2. The van der Waals surface area contributed by atoms with E-state index in [1.54, 1.807) is 36.4 Å². The highest BCUT2D eigenvalue weighted by Crippen LogP contribution is 2.08. The number of anilines is 1. The summed E-state index contributed by atoms with van der Waals surface area (Å²) in [5, 5.41) is 2.58. The number of hydrogen-bond acceptors (Lipinski definition) is 3. The van der Waals surface area contributed by atoms with Crippen LogP contribution in [0.5, 0.6) is 0 Å². The van der Waals surface area contributed by atoms with Crippen molar-refractivity contribution in [3.63, 3.8) is 0 Å². The molecule has 0 aliphatic carbocycles. The Balaban J connectivity index is 1.80. The molecule has 0 unspecified atom stereocenters. The molecule has 2 aromatic rings. The summed E-state index contributed by atoms with van der Waals surface area (Å²) >= 11 is 0. The molecule has 0 aliphatic rings. The first-order valence-corrected chi connectivity index (χ1v) is 6.59. The highest BCUT2D eigenvalue weighted by atomic mass is 19.1. The van der Waals surface area contributed by atoms with Crippen LogP contribution in [-0.4, -0.2) is 18.5 Å². The van der Waals surface area contributed by atoms with Gasteiger partial charge in [-0.3, -0.25) is 4.79 Å². The summed E-state index contributed by atoms with van der Waals surface area (Å²) in [6, 6.07) is 14.8. The van der Waals surface area contributed by atoms with E-state index in [-0.39, 0.29) is 5.56 Å². The Morgan fingerprint density at radius 2 is 1.73 bits per heavy atom. The first kappa shape index (κ1) is 15.4. The number of hydrogen-bond donors (Lipinski definition) is 1. The summed E-state index contributed by atoms with van der Waals surface area (Å²) in [7, 11) is 0. The average Bonchev–Trinajstić information content (AvgIpc) is 2.53.